The fourth-order valence-electron chi connectivity index (χ4n) is 3.26. The second-order valence-corrected chi connectivity index (χ2v) is 7.55. The van der Waals surface area contributed by atoms with Crippen LogP contribution in [0.3, 0.4) is 0 Å². The van der Waals surface area contributed by atoms with Gasteiger partial charge in [-0.1, -0.05) is 85.4 Å². The van der Waals surface area contributed by atoms with Crippen molar-refractivity contribution in [3.05, 3.63) is 69.7 Å². The number of halogens is 1. The maximum Gasteiger partial charge on any atom is 0.0896 e. The highest BCUT2D eigenvalue weighted by Crippen LogP contribution is 2.37. The predicted octanol–water partition coefficient (Wildman–Crippen LogP) is 6.41. The summed E-state index contributed by atoms with van der Waals surface area (Å²) in [7, 11) is 0. The topological polar surface area (TPSA) is 20.2 Å². The number of hydrogen-bond donors (Lipinski definition) is 1. The first-order chi connectivity index (χ1) is 11.6. The fourth-order valence-corrected chi connectivity index (χ4v) is 3.71. The van der Waals surface area contributed by atoms with Crippen LogP contribution in [-0.2, 0) is 18.4 Å². The molecule has 130 valence electrons. The Kier molecular flexibility index (Phi) is 7.51. The van der Waals surface area contributed by atoms with E-state index >= 15 is 0 Å². The summed E-state index contributed by atoms with van der Waals surface area (Å²) in [6.45, 7) is 4.31. The molecule has 0 spiro atoms. The van der Waals surface area contributed by atoms with E-state index in [0.29, 0.717) is 0 Å². The van der Waals surface area contributed by atoms with Crippen LogP contribution in [-0.4, -0.2) is 5.11 Å². The van der Waals surface area contributed by atoms with Gasteiger partial charge in [0, 0.05) is 4.47 Å². The molecule has 1 saturated carbocycles. The maximum atomic E-state index is 10.6. The van der Waals surface area contributed by atoms with E-state index in [1.165, 1.54) is 22.0 Å². The van der Waals surface area contributed by atoms with Gasteiger partial charge in [-0.3, -0.25) is 0 Å². The summed E-state index contributed by atoms with van der Waals surface area (Å²) in [5, 5.41) is 10.6. The van der Waals surface area contributed by atoms with Crippen LogP contribution in [0.15, 0.2) is 53.0 Å². The second kappa shape index (κ2) is 9.39. The van der Waals surface area contributed by atoms with Gasteiger partial charge in [-0.2, -0.15) is 0 Å². The van der Waals surface area contributed by atoms with Crippen molar-refractivity contribution in [1.82, 2.24) is 0 Å². The molecule has 1 aliphatic rings. The standard InChI is InChI=1S/C14H20O.C8H9Br/c1-2-12-7-6-8-13(11-12)14(15)9-4-3-5-10-14;1-2-7-4-3-5-8(9)6-7/h6-8,11,15H,2-5,9-10H2,1H3;3-6H,2H2,1H3. The van der Waals surface area contributed by atoms with Crippen LogP contribution in [0.5, 0.6) is 0 Å². The van der Waals surface area contributed by atoms with E-state index in [4.69, 9.17) is 0 Å². The lowest BCUT2D eigenvalue weighted by molar-refractivity contribution is -0.000685. The lowest BCUT2D eigenvalue weighted by atomic mass is 9.79. The minimum absolute atomic E-state index is 0.538. The lowest BCUT2D eigenvalue weighted by Gasteiger charge is -2.32. The molecule has 1 fully saturated rings. The molecule has 0 heterocycles. The number of rotatable bonds is 3. The van der Waals surface area contributed by atoms with Gasteiger partial charge in [0.25, 0.3) is 0 Å². The Balaban J connectivity index is 0.000000198. The Morgan fingerprint density at radius 1 is 0.875 bits per heavy atom. The van der Waals surface area contributed by atoms with E-state index in [1.807, 2.05) is 6.07 Å². The molecule has 1 N–H and O–H groups in total. The molecule has 0 aromatic heterocycles. The number of aliphatic hydroxyl groups is 1. The minimum atomic E-state index is -0.538. The van der Waals surface area contributed by atoms with Crippen LogP contribution < -0.4 is 0 Å². The monoisotopic (exact) mass is 388 g/mol. The highest BCUT2D eigenvalue weighted by atomic mass is 79.9. The van der Waals surface area contributed by atoms with Crippen molar-refractivity contribution in [2.24, 2.45) is 0 Å². The van der Waals surface area contributed by atoms with Crippen LogP contribution in [0.2, 0.25) is 0 Å². The van der Waals surface area contributed by atoms with Gasteiger partial charge in [-0.25, -0.2) is 0 Å². The third-order valence-electron chi connectivity index (χ3n) is 4.85. The van der Waals surface area contributed by atoms with Crippen LogP contribution in [0.4, 0.5) is 0 Å². The molecule has 1 nitrogen and oxygen atoms in total. The fraction of sp³-hybridized carbons (Fsp3) is 0.455. The largest absolute Gasteiger partial charge is 0.385 e. The molecular formula is C22H29BrO. The molecule has 3 rings (SSSR count). The molecule has 2 heteroatoms. The van der Waals surface area contributed by atoms with Crippen molar-refractivity contribution in [2.45, 2.75) is 64.4 Å². The van der Waals surface area contributed by atoms with Crippen LogP contribution in [0.25, 0.3) is 0 Å². The molecule has 0 saturated heterocycles. The molecule has 0 unspecified atom stereocenters. The van der Waals surface area contributed by atoms with E-state index in [0.717, 1.165) is 44.1 Å². The molecule has 24 heavy (non-hydrogen) atoms. The first-order valence-corrected chi connectivity index (χ1v) is 9.93. The predicted molar refractivity (Wildman–Crippen MR) is 106 cm³/mol. The minimum Gasteiger partial charge on any atom is -0.385 e. The van der Waals surface area contributed by atoms with E-state index in [2.05, 4.69) is 72.2 Å². The van der Waals surface area contributed by atoms with Gasteiger partial charge >= 0.3 is 0 Å². The number of aryl methyl sites for hydroxylation is 2. The summed E-state index contributed by atoms with van der Waals surface area (Å²) >= 11 is 3.40. The van der Waals surface area contributed by atoms with Crippen molar-refractivity contribution >= 4 is 15.9 Å². The van der Waals surface area contributed by atoms with Crippen LogP contribution in [0, 0.1) is 0 Å². The lowest BCUT2D eigenvalue weighted by Crippen LogP contribution is -2.28. The van der Waals surface area contributed by atoms with Gasteiger partial charge in [0.2, 0.25) is 0 Å². The SMILES string of the molecule is CCc1cccc(Br)c1.CCc1cccc(C2(O)CCCCC2)c1. The van der Waals surface area contributed by atoms with Crippen molar-refractivity contribution in [2.75, 3.05) is 0 Å². The Hall–Kier alpha value is -1.12. The van der Waals surface area contributed by atoms with Gasteiger partial charge in [-0.15, -0.1) is 0 Å². The van der Waals surface area contributed by atoms with Gasteiger partial charge in [-0.05, 0) is 54.5 Å². The third kappa shape index (κ3) is 5.46. The van der Waals surface area contributed by atoms with E-state index in [1.54, 1.807) is 0 Å². The molecule has 0 radical (unpaired) electrons. The summed E-state index contributed by atoms with van der Waals surface area (Å²) in [5.41, 5.74) is 3.29. The Labute approximate surface area is 155 Å². The first kappa shape index (κ1) is 19.2. The summed E-state index contributed by atoms with van der Waals surface area (Å²) in [6, 6.07) is 16.8. The molecule has 1 aliphatic carbocycles. The second-order valence-electron chi connectivity index (χ2n) is 6.63. The zero-order chi connectivity index (χ0) is 17.4. The van der Waals surface area contributed by atoms with E-state index in [9.17, 15) is 5.11 Å². The molecule has 2 aromatic rings. The van der Waals surface area contributed by atoms with Crippen molar-refractivity contribution in [3.8, 4) is 0 Å². The summed E-state index contributed by atoms with van der Waals surface area (Å²) in [6.07, 6.45) is 7.61. The molecule has 0 aliphatic heterocycles. The Bertz CT molecular complexity index is 629. The highest BCUT2D eigenvalue weighted by molar-refractivity contribution is 9.10. The average molecular weight is 389 g/mol. The maximum absolute atomic E-state index is 10.6. The molecule has 0 amide bonds. The van der Waals surface area contributed by atoms with Gasteiger partial charge in [0.15, 0.2) is 0 Å². The Morgan fingerprint density at radius 2 is 1.46 bits per heavy atom. The van der Waals surface area contributed by atoms with Crippen molar-refractivity contribution in [3.63, 3.8) is 0 Å². The van der Waals surface area contributed by atoms with Crippen LogP contribution in [0.1, 0.15) is 62.6 Å². The van der Waals surface area contributed by atoms with Gasteiger partial charge in [0.05, 0.1) is 5.60 Å². The third-order valence-corrected chi connectivity index (χ3v) is 5.34. The zero-order valence-corrected chi connectivity index (χ0v) is 16.5. The summed E-state index contributed by atoms with van der Waals surface area (Å²) in [4.78, 5) is 0. The van der Waals surface area contributed by atoms with Gasteiger partial charge < -0.3 is 5.11 Å². The van der Waals surface area contributed by atoms with E-state index < -0.39 is 5.60 Å². The van der Waals surface area contributed by atoms with Crippen LogP contribution >= 0.6 is 15.9 Å². The summed E-state index contributed by atoms with van der Waals surface area (Å²) in [5.74, 6) is 0. The molecule has 0 bridgehead atoms. The molecule has 2 aromatic carbocycles. The average Bonchev–Trinajstić information content (AvgIpc) is 2.63. The van der Waals surface area contributed by atoms with E-state index in [-0.39, 0.29) is 0 Å². The first-order valence-electron chi connectivity index (χ1n) is 9.13. The Morgan fingerprint density at radius 3 is 2.00 bits per heavy atom. The summed E-state index contributed by atoms with van der Waals surface area (Å²) < 4.78 is 1.17. The van der Waals surface area contributed by atoms with Gasteiger partial charge in [0.1, 0.15) is 0 Å². The quantitative estimate of drug-likeness (QED) is 0.643. The van der Waals surface area contributed by atoms with Crippen molar-refractivity contribution < 1.29 is 5.11 Å². The van der Waals surface area contributed by atoms with Crippen molar-refractivity contribution in [1.29, 1.82) is 0 Å². The molecular weight excluding hydrogens is 360 g/mol. The smallest absolute Gasteiger partial charge is 0.0896 e. The number of hydrogen-bond acceptors (Lipinski definition) is 1. The zero-order valence-electron chi connectivity index (χ0n) is 14.9. The molecule has 0 atom stereocenters. The normalized spacial score (nSPS) is 16.2. The number of benzene rings is 2. The highest BCUT2D eigenvalue weighted by Gasteiger charge is 2.30.